The van der Waals surface area contributed by atoms with Gasteiger partial charge < -0.3 is 9.64 Å². The summed E-state index contributed by atoms with van der Waals surface area (Å²) < 4.78 is 42.9. The Bertz CT molecular complexity index is 648. The summed E-state index contributed by atoms with van der Waals surface area (Å²) in [4.78, 5) is 14.0. The maximum Gasteiger partial charge on any atom is 0.263 e. The molecular formula is C15H21FN2O4S. The molecule has 1 amide bonds. The third kappa shape index (κ3) is 4.90. The van der Waals surface area contributed by atoms with Crippen LogP contribution in [-0.4, -0.2) is 62.1 Å². The van der Waals surface area contributed by atoms with Crippen LogP contribution < -0.4 is 4.74 Å². The van der Waals surface area contributed by atoms with Crippen molar-refractivity contribution in [2.75, 3.05) is 32.4 Å². The first kappa shape index (κ1) is 17.7. The van der Waals surface area contributed by atoms with Crippen LogP contribution in [0.5, 0.6) is 5.75 Å². The van der Waals surface area contributed by atoms with Crippen LogP contribution in [0.4, 0.5) is 4.39 Å². The van der Waals surface area contributed by atoms with Crippen LogP contribution in [0.15, 0.2) is 24.3 Å². The number of benzene rings is 1. The Balaban J connectivity index is 1.95. The average molecular weight is 344 g/mol. The van der Waals surface area contributed by atoms with Gasteiger partial charge in [0.05, 0.1) is 6.26 Å². The van der Waals surface area contributed by atoms with E-state index in [0.29, 0.717) is 31.8 Å². The van der Waals surface area contributed by atoms with Crippen molar-refractivity contribution in [2.45, 2.75) is 19.4 Å². The van der Waals surface area contributed by atoms with E-state index in [0.717, 1.165) is 0 Å². The van der Waals surface area contributed by atoms with Crippen LogP contribution in [0.3, 0.4) is 0 Å². The molecule has 1 heterocycles. The third-order valence-electron chi connectivity index (χ3n) is 3.71. The van der Waals surface area contributed by atoms with Crippen LogP contribution in [0.25, 0.3) is 0 Å². The molecular weight excluding hydrogens is 323 g/mol. The molecule has 0 aromatic heterocycles. The van der Waals surface area contributed by atoms with Gasteiger partial charge in [-0.3, -0.25) is 4.79 Å². The van der Waals surface area contributed by atoms with Crippen LogP contribution in [0.2, 0.25) is 0 Å². The highest BCUT2D eigenvalue weighted by Crippen LogP contribution is 2.15. The molecule has 0 saturated carbocycles. The first-order valence-electron chi connectivity index (χ1n) is 7.43. The van der Waals surface area contributed by atoms with E-state index in [2.05, 4.69) is 0 Å². The van der Waals surface area contributed by atoms with Gasteiger partial charge in [0.1, 0.15) is 11.6 Å². The molecule has 0 aliphatic carbocycles. The summed E-state index contributed by atoms with van der Waals surface area (Å²) >= 11 is 0. The molecule has 0 radical (unpaired) electrons. The van der Waals surface area contributed by atoms with Crippen LogP contribution in [0.1, 0.15) is 13.3 Å². The summed E-state index contributed by atoms with van der Waals surface area (Å²) in [6.45, 7) is 3.15. The van der Waals surface area contributed by atoms with Gasteiger partial charge in [0.25, 0.3) is 5.91 Å². The van der Waals surface area contributed by atoms with Gasteiger partial charge in [0.15, 0.2) is 6.10 Å². The molecule has 128 valence electrons. The van der Waals surface area contributed by atoms with Crippen molar-refractivity contribution in [1.82, 2.24) is 9.21 Å². The predicted octanol–water partition coefficient (Wildman–Crippen LogP) is 1.09. The summed E-state index contributed by atoms with van der Waals surface area (Å²) in [6.07, 6.45) is 1.04. The first-order valence-corrected chi connectivity index (χ1v) is 9.28. The molecule has 0 bridgehead atoms. The number of amides is 1. The molecule has 1 aromatic carbocycles. The van der Waals surface area contributed by atoms with Gasteiger partial charge in [-0.25, -0.2) is 17.1 Å². The van der Waals surface area contributed by atoms with E-state index >= 15 is 0 Å². The number of carbonyl (C=O) groups is 1. The SMILES string of the molecule is C[C@@H](Oc1ccc(F)cc1)C(=O)N1CCCN(S(C)(=O)=O)CC1. The molecule has 23 heavy (non-hydrogen) atoms. The lowest BCUT2D eigenvalue weighted by Gasteiger charge is -2.24. The van der Waals surface area contributed by atoms with Gasteiger partial charge in [0.2, 0.25) is 10.0 Å². The van der Waals surface area contributed by atoms with E-state index in [4.69, 9.17) is 4.74 Å². The minimum atomic E-state index is -3.24. The molecule has 1 aliphatic heterocycles. The van der Waals surface area contributed by atoms with Crippen molar-refractivity contribution in [3.63, 3.8) is 0 Å². The molecule has 1 aromatic rings. The molecule has 0 unspecified atom stereocenters. The van der Waals surface area contributed by atoms with E-state index in [1.54, 1.807) is 11.8 Å². The lowest BCUT2D eigenvalue weighted by atomic mass is 10.3. The van der Waals surface area contributed by atoms with E-state index < -0.39 is 16.1 Å². The van der Waals surface area contributed by atoms with E-state index in [1.165, 1.54) is 34.8 Å². The number of rotatable bonds is 4. The normalized spacial score (nSPS) is 18.3. The zero-order valence-corrected chi connectivity index (χ0v) is 14.1. The molecule has 2 rings (SSSR count). The summed E-state index contributed by atoms with van der Waals surface area (Å²) in [5.74, 6) is -0.158. The quantitative estimate of drug-likeness (QED) is 0.820. The van der Waals surface area contributed by atoms with Crippen molar-refractivity contribution in [1.29, 1.82) is 0 Å². The summed E-state index contributed by atoms with van der Waals surface area (Å²) in [7, 11) is -3.24. The highest BCUT2D eigenvalue weighted by atomic mass is 32.2. The van der Waals surface area contributed by atoms with Crippen LogP contribution >= 0.6 is 0 Å². The van der Waals surface area contributed by atoms with Gasteiger partial charge in [-0.05, 0) is 37.6 Å². The number of nitrogens with zero attached hydrogens (tertiary/aromatic N) is 2. The highest BCUT2D eigenvalue weighted by molar-refractivity contribution is 7.88. The van der Waals surface area contributed by atoms with Crippen molar-refractivity contribution < 1.29 is 22.3 Å². The fourth-order valence-electron chi connectivity index (χ4n) is 2.47. The Morgan fingerprint density at radius 2 is 1.83 bits per heavy atom. The molecule has 0 spiro atoms. The molecule has 6 nitrogen and oxygen atoms in total. The van der Waals surface area contributed by atoms with Gasteiger partial charge in [-0.1, -0.05) is 0 Å². The van der Waals surface area contributed by atoms with Gasteiger partial charge >= 0.3 is 0 Å². The van der Waals surface area contributed by atoms with Crippen LogP contribution in [-0.2, 0) is 14.8 Å². The maximum atomic E-state index is 12.9. The molecule has 1 saturated heterocycles. The zero-order valence-electron chi connectivity index (χ0n) is 13.2. The summed E-state index contributed by atoms with van der Waals surface area (Å²) in [6, 6.07) is 5.46. The Labute approximate surface area is 135 Å². The molecule has 8 heteroatoms. The van der Waals surface area contributed by atoms with Crippen molar-refractivity contribution in [3.8, 4) is 5.75 Å². The molecule has 1 atom stereocenters. The van der Waals surface area contributed by atoms with Crippen molar-refractivity contribution in [2.24, 2.45) is 0 Å². The fourth-order valence-corrected chi connectivity index (χ4v) is 3.34. The summed E-state index contributed by atoms with van der Waals surface area (Å²) in [5, 5.41) is 0. The Morgan fingerprint density at radius 3 is 2.43 bits per heavy atom. The Kier molecular flexibility index (Phi) is 5.59. The third-order valence-corrected chi connectivity index (χ3v) is 5.01. The lowest BCUT2D eigenvalue weighted by molar-refractivity contribution is -0.137. The van der Waals surface area contributed by atoms with Gasteiger partial charge in [-0.15, -0.1) is 0 Å². The van der Waals surface area contributed by atoms with Gasteiger partial charge in [-0.2, -0.15) is 0 Å². The number of halogens is 1. The monoisotopic (exact) mass is 344 g/mol. The predicted molar refractivity (Wildman–Crippen MR) is 84.1 cm³/mol. The summed E-state index contributed by atoms with van der Waals surface area (Å²) in [5.41, 5.74) is 0. The second-order valence-electron chi connectivity index (χ2n) is 5.55. The number of hydrogen-bond acceptors (Lipinski definition) is 4. The largest absolute Gasteiger partial charge is 0.481 e. The average Bonchev–Trinajstić information content (AvgIpc) is 2.74. The van der Waals surface area contributed by atoms with Crippen LogP contribution in [0, 0.1) is 5.82 Å². The second kappa shape index (κ2) is 7.27. The number of ether oxygens (including phenoxy) is 1. The van der Waals surface area contributed by atoms with E-state index in [-0.39, 0.29) is 18.3 Å². The van der Waals surface area contributed by atoms with Gasteiger partial charge in [0, 0.05) is 26.2 Å². The first-order chi connectivity index (χ1) is 10.8. The topological polar surface area (TPSA) is 66.9 Å². The molecule has 1 fully saturated rings. The number of carbonyl (C=O) groups excluding carboxylic acids is 1. The minimum Gasteiger partial charge on any atom is -0.481 e. The minimum absolute atomic E-state index is 0.204. The van der Waals surface area contributed by atoms with E-state index in [1.807, 2.05) is 0 Å². The van der Waals surface area contributed by atoms with E-state index in [9.17, 15) is 17.6 Å². The maximum absolute atomic E-state index is 12.9. The highest BCUT2D eigenvalue weighted by Gasteiger charge is 2.27. The number of hydrogen-bond donors (Lipinski definition) is 0. The Morgan fingerprint density at radius 1 is 1.17 bits per heavy atom. The Hall–Kier alpha value is -1.67. The lowest BCUT2D eigenvalue weighted by Crippen LogP contribution is -2.42. The smallest absolute Gasteiger partial charge is 0.263 e. The second-order valence-corrected chi connectivity index (χ2v) is 7.54. The van der Waals surface area contributed by atoms with Crippen molar-refractivity contribution >= 4 is 15.9 Å². The molecule has 0 N–H and O–H groups in total. The molecule has 1 aliphatic rings. The van der Waals surface area contributed by atoms with Crippen molar-refractivity contribution in [3.05, 3.63) is 30.1 Å². The standard InChI is InChI=1S/C15H21FN2O4S/c1-12(22-14-6-4-13(16)5-7-14)15(19)17-8-3-9-18(11-10-17)23(2,20)21/h4-7,12H,3,8-11H2,1-2H3/t12-/m1/s1. The fraction of sp³-hybridized carbons (Fsp3) is 0.533. The zero-order chi connectivity index (χ0) is 17.0. The number of sulfonamides is 1.